The Morgan fingerprint density at radius 1 is 1.00 bits per heavy atom. The van der Waals surface area contributed by atoms with E-state index in [4.69, 9.17) is 0 Å². The molecule has 1 heterocycles. The summed E-state index contributed by atoms with van der Waals surface area (Å²) in [5.41, 5.74) is 2.23. The minimum atomic E-state index is 0. The molecule has 0 amide bonds. The maximum Gasteiger partial charge on any atom is 0.0650 e. The molecule has 0 spiro atoms. The third-order valence-corrected chi connectivity index (χ3v) is 1.59. The van der Waals surface area contributed by atoms with Gasteiger partial charge in [0, 0.05) is 26.3 Å². The van der Waals surface area contributed by atoms with Gasteiger partial charge in [-0.25, -0.2) is 0 Å². The monoisotopic (exact) mass is 337 g/mol. The molecule has 0 aliphatic carbocycles. The Hall–Kier alpha value is -0.921. The Morgan fingerprint density at radius 3 is 2.33 bits per heavy atom. The molecule has 2 nitrogen and oxygen atoms in total. The average molecular weight is 336 g/mol. The van der Waals surface area contributed by atoms with Gasteiger partial charge in [-0.15, -0.1) is 0 Å². The fourth-order valence-electron chi connectivity index (χ4n) is 1.03. The van der Waals surface area contributed by atoms with Gasteiger partial charge in [0.2, 0.25) is 0 Å². The molecule has 0 unspecified atom stereocenters. The minimum Gasteiger partial charge on any atom is -0.278 e. The van der Waals surface area contributed by atoms with E-state index in [1.165, 1.54) is 5.56 Å². The Bertz CT molecular complexity index is 316. The van der Waals surface area contributed by atoms with Crippen LogP contribution < -0.4 is 0 Å². The number of H-pyrrole nitrogens is 1. The molecule has 2 rings (SSSR count). The van der Waals surface area contributed by atoms with Crippen LogP contribution in [0.5, 0.6) is 0 Å². The molecule has 0 aliphatic heterocycles. The van der Waals surface area contributed by atoms with E-state index in [0.29, 0.717) is 0 Å². The summed E-state index contributed by atoms with van der Waals surface area (Å²) < 4.78 is 0. The van der Waals surface area contributed by atoms with Crippen LogP contribution in [0.2, 0.25) is 0 Å². The zero-order valence-electron chi connectivity index (χ0n) is 6.32. The molecule has 0 aliphatic rings. The van der Waals surface area contributed by atoms with Crippen LogP contribution in [-0.4, -0.2) is 10.2 Å². The predicted molar refractivity (Wildman–Crippen MR) is 44.0 cm³/mol. The van der Waals surface area contributed by atoms with Gasteiger partial charge in [0.15, 0.2) is 0 Å². The van der Waals surface area contributed by atoms with E-state index >= 15 is 0 Å². The number of aromatic amines is 1. The molecule has 0 atom stereocenters. The van der Waals surface area contributed by atoms with Gasteiger partial charge in [-0.1, -0.05) is 30.3 Å². The molecule has 0 saturated heterocycles. The Balaban J connectivity index is 0.000000720. The van der Waals surface area contributed by atoms with Crippen molar-refractivity contribution in [3.63, 3.8) is 0 Å². The van der Waals surface area contributed by atoms with Crippen LogP contribution in [0.4, 0.5) is 0 Å². The zero-order valence-corrected chi connectivity index (χ0v) is 8.72. The average Bonchev–Trinajstić information content (AvgIpc) is 2.58. The number of benzene rings is 1. The molecule has 0 fully saturated rings. The topological polar surface area (TPSA) is 28.7 Å². The van der Waals surface area contributed by atoms with Crippen LogP contribution >= 0.6 is 0 Å². The first-order valence-electron chi connectivity index (χ1n) is 3.51. The minimum absolute atomic E-state index is 0. The summed E-state index contributed by atoms with van der Waals surface area (Å²) in [5.74, 6) is 0. The molecule has 3 heteroatoms. The maximum atomic E-state index is 3.87. The second kappa shape index (κ2) is 4.19. The summed E-state index contributed by atoms with van der Waals surface area (Å²) in [5, 5.41) is 6.78. The van der Waals surface area contributed by atoms with E-state index in [0.717, 1.165) is 5.69 Å². The van der Waals surface area contributed by atoms with Crippen LogP contribution in [0.15, 0.2) is 42.6 Å². The van der Waals surface area contributed by atoms with Crippen LogP contribution in [-0.2, 0) is 20.1 Å². The van der Waals surface area contributed by atoms with Crippen LogP contribution in [0.1, 0.15) is 0 Å². The van der Waals surface area contributed by atoms with Crippen molar-refractivity contribution in [3.8, 4) is 11.3 Å². The quantitative estimate of drug-likeness (QED) is 0.849. The normalized spacial score (nSPS) is 9.00. The van der Waals surface area contributed by atoms with Crippen molar-refractivity contribution in [1.82, 2.24) is 10.2 Å². The van der Waals surface area contributed by atoms with E-state index in [2.05, 4.69) is 10.2 Å². The first-order chi connectivity index (χ1) is 5.47. The van der Waals surface area contributed by atoms with E-state index in [1.807, 2.05) is 36.4 Å². The third-order valence-electron chi connectivity index (χ3n) is 1.59. The fourth-order valence-corrected chi connectivity index (χ4v) is 1.03. The molecular formula is C9H8IrN2. The Labute approximate surface area is 84.4 Å². The van der Waals surface area contributed by atoms with E-state index in [-0.39, 0.29) is 20.1 Å². The van der Waals surface area contributed by atoms with Gasteiger partial charge in [0.1, 0.15) is 0 Å². The van der Waals surface area contributed by atoms with Crippen molar-refractivity contribution in [2.24, 2.45) is 0 Å². The van der Waals surface area contributed by atoms with Crippen LogP contribution in [0.3, 0.4) is 0 Å². The first kappa shape index (κ1) is 9.17. The molecule has 0 bridgehead atoms. The summed E-state index contributed by atoms with van der Waals surface area (Å²) >= 11 is 0. The predicted octanol–water partition coefficient (Wildman–Crippen LogP) is 2.07. The van der Waals surface area contributed by atoms with Gasteiger partial charge >= 0.3 is 0 Å². The molecule has 1 aromatic carbocycles. The summed E-state index contributed by atoms with van der Waals surface area (Å²) in [6.45, 7) is 0. The van der Waals surface area contributed by atoms with Gasteiger partial charge in [-0.3, -0.25) is 5.10 Å². The summed E-state index contributed by atoms with van der Waals surface area (Å²) in [7, 11) is 0. The molecule has 0 saturated carbocycles. The Kier molecular flexibility index (Phi) is 3.20. The largest absolute Gasteiger partial charge is 0.278 e. The van der Waals surface area contributed by atoms with E-state index in [9.17, 15) is 0 Å². The summed E-state index contributed by atoms with van der Waals surface area (Å²) in [6.07, 6.45) is 1.75. The number of aromatic nitrogens is 2. The van der Waals surface area contributed by atoms with Gasteiger partial charge in [0.05, 0.1) is 5.69 Å². The van der Waals surface area contributed by atoms with Crippen molar-refractivity contribution in [2.75, 3.05) is 0 Å². The zero-order chi connectivity index (χ0) is 7.52. The van der Waals surface area contributed by atoms with Crippen molar-refractivity contribution >= 4 is 0 Å². The van der Waals surface area contributed by atoms with Gasteiger partial charge in [-0.2, -0.15) is 5.10 Å². The fraction of sp³-hybridized carbons (Fsp3) is 0. The van der Waals surface area contributed by atoms with E-state index < -0.39 is 0 Å². The molecule has 12 heavy (non-hydrogen) atoms. The standard InChI is InChI=1S/C9H8N2.Ir/c1-2-4-8(5-3-1)9-6-7-10-11-9;/h1-7H,(H,10,11);. The molecular weight excluding hydrogens is 328 g/mol. The van der Waals surface area contributed by atoms with Crippen LogP contribution in [0.25, 0.3) is 11.3 Å². The molecule has 1 radical (unpaired) electrons. The summed E-state index contributed by atoms with van der Waals surface area (Å²) in [4.78, 5) is 0. The molecule has 1 aromatic heterocycles. The molecule has 1 N–H and O–H groups in total. The number of rotatable bonds is 1. The SMILES string of the molecule is [Ir].c1ccc(-c2ccn[nH]2)cc1. The van der Waals surface area contributed by atoms with Crippen molar-refractivity contribution in [2.45, 2.75) is 0 Å². The smallest absolute Gasteiger partial charge is 0.0650 e. The summed E-state index contributed by atoms with van der Waals surface area (Å²) in [6, 6.07) is 12.1. The second-order valence-electron chi connectivity index (χ2n) is 2.34. The van der Waals surface area contributed by atoms with Crippen molar-refractivity contribution < 1.29 is 20.1 Å². The molecule has 2 aromatic rings. The van der Waals surface area contributed by atoms with Gasteiger partial charge in [-0.05, 0) is 11.6 Å². The second-order valence-corrected chi connectivity index (χ2v) is 2.34. The van der Waals surface area contributed by atoms with Gasteiger partial charge in [0.25, 0.3) is 0 Å². The maximum absolute atomic E-state index is 3.87. The number of nitrogens with one attached hydrogen (secondary N) is 1. The number of hydrogen-bond donors (Lipinski definition) is 1. The number of hydrogen-bond acceptors (Lipinski definition) is 1. The first-order valence-corrected chi connectivity index (χ1v) is 3.51. The van der Waals surface area contributed by atoms with Gasteiger partial charge < -0.3 is 0 Å². The molecule has 63 valence electrons. The number of nitrogens with zero attached hydrogens (tertiary/aromatic N) is 1. The Morgan fingerprint density at radius 2 is 1.75 bits per heavy atom. The van der Waals surface area contributed by atoms with Crippen LogP contribution in [0, 0.1) is 0 Å². The van der Waals surface area contributed by atoms with E-state index in [1.54, 1.807) is 6.20 Å². The van der Waals surface area contributed by atoms with Crippen molar-refractivity contribution in [1.29, 1.82) is 0 Å². The third kappa shape index (κ3) is 1.81. The van der Waals surface area contributed by atoms with Crippen molar-refractivity contribution in [3.05, 3.63) is 42.6 Å².